The first-order valence-corrected chi connectivity index (χ1v) is 10.1. The van der Waals surface area contributed by atoms with Crippen molar-refractivity contribution in [1.29, 1.82) is 0 Å². The number of nitrogens with zero attached hydrogens (tertiary/aromatic N) is 1. The molecule has 0 radical (unpaired) electrons. The van der Waals surface area contributed by atoms with Crippen molar-refractivity contribution in [2.24, 2.45) is 0 Å². The number of benzene rings is 2. The van der Waals surface area contributed by atoms with Crippen molar-refractivity contribution >= 4 is 28.9 Å². The van der Waals surface area contributed by atoms with Crippen LogP contribution in [0.1, 0.15) is 23.2 Å². The molecule has 1 heterocycles. The van der Waals surface area contributed by atoms with E-state index in [1.54, 1.807) is 24.4 Å². The third-order valence-corrected chi connectivity index (χ3v) is 4.89. The zero-order valence-electron chi connectivity index (χ0n) is 16.3. The van der Waals surface area contributed by atoms with Crippen molar-refractivity contribution in [2.45, 2.75) is 33.0 Å². The summed E-state index contributed by atoms with van der Waals surface area (Å²) in [5, 5.41) is 5.28. The van der Waals surface area contributed by atoms with Gasteiger partial charge in [0.25, 0.3) is 0 Å². The lowest BCUT2D eigenvalue weighted by molar-refractivity contribution is -0.152. The molecule has 7 heteroatoms. The maximum absolute atomic E-state index is 12.2. The van der Waals surface area contributed by atoms with Crippen molar-refractivity contribution < 1.29 is 19.1 Å². The molecule has 0 bridgehead atoms. The average Bonchev–Trinajstić information content (AvgIpc) is 3.15. The second-order valence-electron chi connectivity index (χ2n) is 6.50. The van der Waals surface area contributed by atoms with Crippen LogP contribution in [0.4, 0.5) is 5.69 Å². The molecule has 0 aliphatic rings. The number of hydrogen-bond acceptors (Lipinski definition) is 6. The molecule has 3 rings (SSSR count). The van der Waals surface area contributed by atoms with Crippen molar-refractivity contribution in [3.8, 4) is 5.75 Å². The summed E-state index contributed by atoms with van der Waals surface area (Å²) in [5.41, 5.74) is 2.48. The third kappa shape index (κ3) is 6.43. The van der Waals surface area contributed by atoms with Crippen LogP contribution in [0.15, 0.2) is 60.0 Å². The summed E-state index contributed by atoms with van der Waals surface area (Å²) >= 11 is 1.36. The summed E-state index contributed by atoms with van der Waals surface area (Å²) < 4.78 is 10.8. The number of hydrogen-bond donors (Lipinski definition) is 1. The summed E-state index contributed by atoms with van der Waals surface area (Å²) in [5.74, 6) is -0.00960. The number of rotatable bonds is 8. The van der Waals surface area contributed by atoms with Gasteiger partial charge < -0.3 is 14.8 Å². The maximum atomic E-state index is 12.2. The fourth-order valence-corrected chi connectivity index (χ4v) is 3.27. The lowest BCUT2D eigenvalue weighted by atomic mass is 10.2. The van der Waals surface area contributed by atoms with Crippen molar-refractivity contribution in [3.63, 3.8) is 0 Å². The van der Waals surface area contributed by atoms with E-state index in [1.807, 2.05) is 49.4 Å². The molecule has 0 unspecified atom stereocenters. The number of para-hydroxylation sites is 1. The molecule has 150 valence electrons. The Bertz CT molecular complexity index is 954. The zero-order chi connectivity index (χ0) is 20.6. The molecular formula is C22H22N2O4S. The predicted molar refractivity (Wildman–Crippen MR) is 112 cm³/mol. The van der Waals surface area contributed by atoms with Gasteiger partial charge in [0.2, 0.25) is 5.91 Å². The average molecular weight is 410 g/mol. The van der Waals surface area contributed by atoms with Crippen LogP contribution in [0.2, 0.25) is 0 Å². The number of esters is 1. The molecule has 0 aliphatic carbocycles. The number of carbonyl (C=O) groups excluding carboxylic acids is 2. The standard InChI is InChI=1S/C22H22N2O4S/c1-15-8-10-17(11-9-15)23-20(25)12-21-24-18(14-29-21)13-27-22(26)16(2)28-19-6-4-3-5-7-19/h3-11,14,16H,12-13H2,1-2H3,(H,23,25)/t16-/m1/s1. The van der Waals surface area contributed by atoms with Gasteiger partial charge in [-0.1, -0.05) is 35.9 Å². The Labute approximate surface area is 173 Å². The molecule has 0 aliphatic heterocycles. The normalized spacial score (nSPS) is 11.5. The second-order valence-corrected chi connectivity index (χ2v) is 7.45. The van der Waals surface area contributed by atoms with Crippen LogP contribution in [0.25, 0.3) is 0 Å². The van der Waals surface area contributed by atoms with Gasteiger partial charge >= 0.3 is 5.97 Å². The van der Waals surface area contributed by atoms with Crippen LogP contribution >= 0.6 is 11.3 Å². The van der Waals surface area contributed by atoms with E-state index in [0.29, 0.717) is 16.5 Å². The first-order chi connectivity index (χ1) is 14.0. The van der Waals surface area contributed by atoms with E-state index in [1.165, 1.54) is 11.3 Å². The van der Waals surface area contributed by atoms with Gasteiger partial charge in [0, 0.05) is 11.1 Å². The molecule has 0 saturated carbocycles. The molecule has 29 heavy (non-hydrogen) atoms. The summed E-state index contributed by atoms with van der Waals surface area (Å²) in [4.78, 5) is 28.6. The first-order valence-electron chi connectivity index (χ1n) is 9.18. The minimum absolute atomic E-state index is 0.0391. The number of nitrogens with one attached hydrogen (secondary N) is 1. The molecule has 6 nitrogen and oxygen atoms in total. The van der Waals surface area contributed by atoms with Gasteiger partial charge in [-0.05, 0) is 38.1 Å². The summed E-state index contributed by atoms with van der Waals surface area (Å²) in [6, 6.07) is 16.7. The molecule has 0 saturated heterocycles. The number of anilines is 1. The highest BCUT2D eigenvalue weighted by Gasteiger charge is 2.17. The van der Waals surface area contributed by atoms with Gasteiger partial charge in [-0.3, -0.25) is 4.79 Å². The Balaban J connectivity index is 1.45. The molecule has 2 aromatic carbocycles. The molecule has 3 aromatic rings. The van der Waals surface area contributed by atoms with Crippen molar-refractivity contribution in [1.82, 2.24) is 4.98 Å². The van der Waals surface area contributed by atoms with Crippen molar-refractivity contribution in [3.05, 3.63) is 76.2 Å². The molecule has 1 amide bonds. The van der Waals surface area contributed by atoms with E-state index in [0.717, 1.165) is 11.3 Å². The Morgan fingerprint density at radius 3 is 2.55 bits per heavy atom. The van der Waals surface area contributed by atoms with Gasteiger partial charge in [-0.2, -0.15) is 0 Å². The first kappa shape index (κ1) is 20.5. The molecule has 0 spiro atoms. The van der Waals surface area contributed by atoms with Gasteiger partial charge in [-0.15, -0.1) is 11.3 Å². The second kappa shape index (κ2) is 9.84. The topological polar surface area (TPSA) is 77.5 Å². The lowest BCUT2D eigenvalue weighted by Gasteiger charge is -2.13. The van der Waals surface area contributed by atoms with E-state index in [4.69, 9.17) is 9.47 Å². The Kier molecular flexibility index (Phi) is 6.97. The molecule has 1 atom stereocenters. The van der Waals surface area contributed by atoms with E-state index in [9.17, 15) is 9.59 Å². The van der Waals surface area contributed by atoms with Gasteiger partial charge in [0.05, 0.1) is 12.1 Å². The highest BCUT2D eigenvalue weighted by Crippen LogP contribution is 2.15. The number of aryl methyl sites for hydroxylation is 1. The predicted octanol–water partition coefficient (Wildman–Crippen LogP) is 4.14. The van der Waals surface area contributed by atoms with Crippen LogP contribution < -0.4 is 10.1 Å². The summed E-state index contributed by atoms with van der Waals surface area (Å²) in [7, 11) is 0. The van der Waals surface area contributed by atoms with Crippen LogP contribution in [0.3, 0.4) is 0 Å². The highest BCUT2D eigenvalue weighted by atomic mass is 32.1. The van der Waals surface area contributed by atoms with Gasteiger partial charge in [0.1, 0.15) is 17.4 Å². The van der Waals surface area contributed by atoms with E-state index in [2.05, 4.69) is 10.3 Å². The fourth-order valence-electron chi connectivity index (χ4n) is 2.49. The maximum Gasteiger partial charge on any atom is 0.347 e. The molecular weight excluding hydrogens is 388 g/mol. The van der Waals surface area contributed by atoms with Crippen molar-refractivity contribution in [2.75, 3.05) is 5.32 Å². The summed E-state index contributed by atoms with van der Waals surface area (Å²) in [6.07, 6.45) is -0.559. The highest BCUT2D eigenvalue weighted by molar-refractivity contribution is 7.09. The SMILES string of the molecule is Cc1ccc(NC(=O)Cc2nc(COC(=O)[C@@H](C)Oc3ccccc3)cs2)cc1. The van der Waals surface area contributed by atoms with E-state index in [-0.39, 0.29) is 18.9 Å². The molecule has 1 N–H and O–H groups in total. The molecule has 0 fully saturated rings. The number of amides is 1. The van der Waals surface area contributed by atoms with Gasteiger partial charge in [0.15, 0.2) is 6.10 Å². The monoisotopic (exact) mass is 410 g/mol. The zero-order valence-corrected chi connectivity index (χ0v) is 17.1. The number of ether oxygens (including phenoxy) is 2. The number of thiazole rings is 1. The minimum atomic E-state index is -0.726. The smallest absolute Gasteiger partial charge is 0.347 e. The van der Waals surface area contributed by atoms with Crippen LogP contribution in [-0.2, 0) is 27.4 Å². The quantitative estimate of drug-likeness (QED) is 0.565. The number of carbonyl (C=O) groups is 2. The largest absolute Gasteiger partial charge is 0.479 e. The fraction of sp³-hybridized carbons (Fsp3) is 0.227. The van der Waals surface area contributed by atoms with Crippen LogP contribution in [0, 0.1) is 6.92 Å². The summed E-state index contributed by atoms with van der Waals surface area (Å²) in [6.45, 7) is 3.67. The minimum Gasteiger partial charge on any atom is -0.479 e. The lowest BCUT2D eigenvalue weighted by Crippen LogP contribution is -2.26. The van der Waals surface area contributed by atoms with Gasteiger partial charge in [-0.25, -0.2) is 9.78 Å². The number of aromatic nitrogens is 1. The Hall–Kier alpha value is -3.19. The van der Waals surface area contributed by atoms with E-state index < -0.39 is 12.1 Å². The van der Waals surface area contributed by atoms with Crippen LogP contribution in [0.5, 0.6) is 5.75 Å². The Morgan fingerprint density at radius 2 is 1.83 bits per heavy atom. The van der Waals surface area contributed by atoms with E-state index >= 15 is 0 Å². The van der Waals surface area contributed by atoms with Crippen LogP contribution in [-0.4, -0.2) is 23.0 Å². The molecule has 1 aromatic heterocycles. The Morgan fingerprint density at radius 1 is 1.10 bits per heavy atom. The third-order valence-electron chi connectivity index (χ3n) is 4.00.